The number of rotatable bonds is 10. The minimum Gasteiger partial charge on any atom is -0.430 e. The van der Waals surface area contributed by atoms with Gasteiger partial charge in [-0.25, -0.2) is 4.79 Å². The van der Waals surface area contributed by atoms with Gasteiger partial charge in [0.15, 0.2) is 0 Å². The van der Waals surface area contributed by atoms with Gasteiger partial charge in [0.2, 0.25) is 5.24 Å². The van der Waals surface area contributed by atoms with Crippen molar-refractivity contribution >= 4 is 23.0 Å². The zero-order chi connectivity index (χ0) is 14.7. The minimum absolute atomic E-state index is 0.102. The molecule has 0 aliphatic carbocycles. The van der Waals surface area contributed by atoms with Gasteiger partial charge >= 0.3 is 6.16 Å². The molecule has 110 valence electrons. The van der Waals surface area contributed by atoms with Crippen molar-refractivity contribution in [3.05, 3.63) is 12.7 Å². The van der Waals surface area contributed by atoms with Crippen LogP contribution in [0.15, 0.2) is 12.7 Å². The van der Waals surface area contributed by atoms with E-state index in [1.807, 2.05) is 13.8 Å². The van der Waals surface area contributed by atoms with E-state index >= 15 is 0 Å². The molecular formula is C13H22ClNO4. The summed E-state index contributed by atoms with van der Waals surface area (Å²) in [5.41, 5.74) is 0. The van der Waals surface area contributed by atoms with Crippen LogP contribution in [0.4, 0.5) is 4.79 Å². The fourth-order valence-corrected chi connectivity index (χ4v) is 1.64. The second-order valence-electron chi connectivity index (χ2n) is 3.97. The lowest BCUT2D eigenvalue weighted by Crippen LogP contribution is -2.35. The standard InChI is InChI=1S/C13H22ClNO4/c1-4-9-18-13(17)19-11(7-8-12(14)16)10-15(5-2)6-3/h4,11H,1,5-10H2,2-3H3. The maximum atomic E-state index is 11.4. The molecule has 0 aromatic carbocycles. The van der Waals surface area contributed by atoms with E-state index in [4.69, 9.17) is 21.1 Å². The van der Waals surface area contributed by atoms with Gasteiger partial charge in [-0.15, -0.1) is 0 Å². The third-order valence-electron chi connectivity index (χ3n) is 2.60. The molecule has 0 aliphatic heterocycles. The van der Waals surface area contributed by atoms with Crippen LogP contribution in [0.25, 0.3) is 0 Å². The van der Waals surface area contributed by atoms with Crippen molar-refractivity contribution in [3.63, 3.8) is 0 Å². The summed E-state index contributed by atoms with van der Waals surface area (Å²) in [4.78, 5) is 24.3. The number of likely N-dealkylation sites (N-methyl/N-ethyl adjacent to an activating group) is 1. The highest BCUT2D eigenvalue weighted by Gasteiger charge is 2.18. The van der Waals surface area contributed by atoms with E-state index in [1.54, 1.807) is 0 Å². The molecule has 0 heterocycles. The summed E-state index contributed by atoms with van der Waals surface area (Å²) >= 11 is 5.31. The van der Waals surface area contributed by atoms with Crippen LogP contribution < -0.4 is 0 Å². The molecule has 1 atom stereocenters. The zero-order valence-corrected chi connectivity index (χ0v) is 12.3. The van der Waals surface area contributed by atoms with Gasteiger partial charge < -0.3 is 14.4 Å². The van der Waals surface area contributed by atoms with Gasteiger partial charge in [0.25, 0.3) is 0 Å². The molecule has 0 bridgehead atoms. The molecule has 0 aliphatic rings. The van der Waals surface area contributed by atoms with E-state index in [9.17, 15) is 9.59 Å². The Labute approximate surface area is 119 Å². The van der Waals surface area contributed by atoms with Gasteiger partial charge in [-0.2, -0.15) is 0 Å². The van der Waals surface area contributed by atoms with Crippen molar-refractivity contribution in [1.82, 2.24) is 4.90 Å². The van der Waals surface area contributed by atoms with Gasteiger partial charge in [-0.3, -0.25) is 4.79 Å². The Balaban J connectivity index is 4.34. The molecular weight excluding hydrogens is 270 g/mol. The third kappa shape index (κ3) is 9.50. The number of nitrogens with zero attached hydrogens (tertiary/aromatic N) is 1. The SMILES string of the molecule is C=CCOC(=O)OC(CCC(=O)Cl)CN(CC)CC. The first-order valence-corrected chi connectivity index (χ1v) is 6.76. The maximum absolute atomic E-state index is 11.4. The zero-order valence-electron chi connectivity index (χ0n) is 11.6. The third-order valence-corrected chi connectivity index (χ3v) is 2.79. The summed E-state index contributed by atoms with van der Waals surface area (Å²) < 4.78 is 9.94. The minimum atomic E-state index is -0.751. The smallest absolute Gasteiger partial charge is 0.430 e. The van der Waals surface area contributed by atoms with Crippen molar-refractivity contribution < 1.29 is 19.1 Å². The second-order valence-corrected chi connectivity index (χ2v) is 4.39. The predicted molar refractivity (Wildman–Crippen MR) is 74.3 cm³/mol. The van der Waals surface area contributed by atoms with Crippen LogP contribution in [-0.2, 0) is 14.3 Å². The highest BCUT2D eigenvalue weighted by atomic mass is 35.5. The van der Waals surface area contributed by atoms with Crippen molar-refractivity contribution in [2.75, 3.05) is 26.2 Å². The normalized spacial score (nSPS) is 12.0. The first kappa shape index (κ1) is 17.9. The molecule has 0 fully saturated rings. The molecule has 0 spiro atoms. The summed E-state index contributed by atoms with van der Waals surface area (Å²) in [5, 5.41) is -0.437. The molecule has 0 amide bonds. The van der Waals surface area contributed by atoms with E-state index in [0.29, 0.717) is 13.0 Å². The fraction of sp³-hybridized carbons (Fsp3) is 0.692. The Morgan fingerprint density at radius 2 is 2.00 bits per heavy atom. The summed E-state index contributed by atoms with van der Waals surface area (Å²) in [6.07, 6.45) is 0.867. The number of halogens is 1. The lowest BCUT2D eigenvalue weighted by atomic mass is 10.2. The van der Waals surface area contributed by atoms with E-state index in [-0.39, 0.29) is 13.0 Å². The number of hydrogen-bond acceptors (Lipinski definition) is 5. The topological polar surface area (TPSA) is 55.8 Å². The first-order valence-electron chi connectivity index (χ1n) is 6.38. The van der Waals surface area contributed by atoms with Crippen LogP contribution in [0.1, 0.15) is 26.7 Å². The van der Waals surface area contributed by atoms with Crippen molar-refractivity contribution in [3.8, 4) is 0 Å². The highest BCUT2D eigenvalue weighted by Crippen LogP contribution is 2.08. The summed E-state index contributed by atoms with van der Waals surface area (Å²) in [7, 11) is 0. The number of carbonyl (C=O) groups excluding carboxylic acids is 2. The lowest BCUT2D eigenvalue weighted by Gasteiger charge is -2.24. The van der Waals surface area contributed by atoms with Gasteiger partial charge in [0.1, 0.15) is 12.7 Å². The maximum Gasteiger partial charge on any atom is 0.508 e. The Bertz CT molecular complexity index is 292. The molecule has 1 unspecified atom stereocenters. The van der Waals surface area contributed by atoms with Crippen LogP contribution >= 0.6 is 11.6 Å². The quantitative estimate of drug-likeness (QED) is 0.352. The van der Waals surface area contributed by atoms with Gasteiger partial charge in [0.05, 0.1) is 0 Å². The van der Waals surface area contributed by atoms with Gasteiger partial charge in [0, 0.05) is 13.0 Å². The Hall–Kier alpha value is -1.07. The second kappa shape index (κ2) is 10.8. The van der Waals surface area contributed by atoms with Crippen LogP contribution in [0, 0.1) is 0 Å². The van der Waals surface area contributed by atoms with Gasteiger partial charge in [-0.05, 0) is 31.1 Å². The van der Waals surface area contributed by atoms with E-state index in [2.05, 4.69) is 11.5 Å². The molecule has 0 saturated carbocycles. The lowest BCUT2D eigenvalue weighted by molar-refractivity contribution is -0.112. The molecule has 5 nitrogen and oxygen atoms in total. The van der Waals surface area contributed by atoms with Crippen molar-refractivity contribution in [2.45, 2.75) is 32.8 Å². The average Bonchev–Trinajstić information content (AvgIpc) is 2.39. The number of hydrogen-bond donors (Lipinski definition) is 0. The Morgan fingerprint density at radius 1 is 1.37 bits per heavy atom. The molecule has 0 saturated heterocycles. The highest BCUT2D eigenvalue weighted by molar-refractivity contribution is 6.63. The van der Waals surface area contributed by atoms with E-state index < -0.39 is 17.5 Å². The predicted octanol–water partition coefficient (Wildman–Crippen LogP) is 2.58. The fourth-order valence-electron chi connectivity index (χ4n) is 1.53. The van der Waals surface area contributed by atoms with Crippen molar-refractivity contribution in [1.29, 1.82) is 0 Å². The monoisotopic (exact) mass is 291 g/mol. The molecule has 0 aromatic rings. The Kier molecular flexibility index (Phi) is 10.2. The van der Waals surface area contributed by atoms with Crippen LogP contribution in [0.2, 0.25) is 0 Å². The summed E-state index contributed by atoms with van der Waals surface area (Å²) in [6.45, 7) is 9.82. The average molecular weight is 292 g/mol. The molecule has 0 radical (unpaired) electrons. The number of carbonyl (C=O) groups is 2. The van der Waals surface area contributed by atoms with Crippen molar-refractivity contribution in [2.24, 2.45) is 0 Å². The van der Waals surface area contributed by atoms with E-state index in [1.165, 1.54) is 6.08 Å². The van der Waals surface area contributed by atoms with Gasteiger partial charge in [-0.1, -0.05) is 26.5 Å². The summed E-state index contributed by atoms with van der Waals surface area (Å²) in [6, 6.07) is 0. The largest absolute Gasteiger partial charge is 0.508 e. The molecule has 6 heteroatoms. The molecule has 0 rings (SSSR count). The van der Waals surface area contributed by atoms with Crippen LogP contribution in [0.3, 0.4) is 0 Å². The Morgan fingerprint density at radius 3 is 2.47 bits per heavy atom. The first-order chi connectivity index (χ1) is 9.03. The van der Waals surface area contributed by atoms with E-state index in [0.717, 1.165) is 13.1 Å². The summed E-state index contributed by atoms with van der Waals surface area (Å²) in [5.74, 6) is 0. The number of ether oxygens (including phenoxy) is 2. The van der Waals surface area contributed by atoms with Crippen LogP contribution in [0.5, 0.6) is 0 Å². The molecule has 19 heavy (non-hydrogen) atoms. The van der Waals surface area contributed by atoms with Crippen LogP contribution in [-0.4, -0.2) is 48.6 Å². The molecule has 0 aromatic heterocycles. The molecule has 0 N–H and O–H groups in total.